The molecule has 5 rings (SSSR count). The lowest BCUT2D eigenvalue weighted by Crippen LogP contribution is -2.59. The summed E-state index contributed by atoms with van der Waals surface area (Å²) in [5.41, 5.74) is 2.33. The van der Waals surface area contributed by atoms with Crippen molar-refractivity contribution in [2.75, 3.05) is 32.8 Å². The van der Waals surface area contributed by atoms with Crippen LogP contribution in [0, 0.1) is 0 Å². The first-order valence-corrected chi connectivity index (χ1v) is 9.91. The monoisotopic (exact) mass is 393 g/mol. The van der Waals surface area contributed by atoms with E-state index >= 15 is 0 Å². The number of fused-ring (bicyclic) bond motifs is 1. The van der Waals surface area contributed by atoms with Crippen molar-refractivity contribution in [3.8, 4) is 17.0 Å². The second kappa shape index (κ2) is 7.13. The van der Waals surface area contributed by atoms with Gasteiger partial charge in [-0.05, 0) is 49.7 Å². The second-order valence-corrected chi connectivity index (χ2v) is 7.77. The van der Waals surface area contributed by atoms with E-state index in [0.29, 0.717) is 42.0 Å². The van der Waals surface area contributed by atoms with Gasteiger partial charge < -0.3 is 20.1 Å². The van der Waals surface area contributed by atoms with Gasteiger partial charge in [-0.1, -0.05) is 0 Å². The average Bonchev–Trinajstić information content (AvgIpc) is 3.22. The van der Waals surface area contributed by atoms with Crippen LogP contribution in [-0.4, -0.2) is 69.5 Å². The Morgan fingerprint density at radius 3 is 2.93 bits per heavy atom. The van der Waals surface area contributed by atoms with Gasteiger partial charge in [-0.3, -0.25) is 9.89 Å². The fourth-order valence-corrected chi connectivity index (χ4v) is 4.27. The number of H-pyrrole nitrogens is 1. The number of piperidine rings is 1. The molecule has 8 heteroatoms. The molecule has 1 amide bonds. The number of phenols is 1. The number of aromatic amines is 1. The van der Waals surface area contributed by atoms with Crippen LogP contribution in [0.5, 0.6) is 5.75 Å². The van der Waals surface area contributed by atoms with E-state index in [1.165, 1.54) is 0 Å². The number of carbonyl (C=O) groups is 1. The summed E-state index contributed by atoms with van der Waals surface area (Å²) in [4.78, 5) is 20.0. The Labute approximate surface area is 167 Å². The van der Waals surface area contributed by atoms with Crippen LogP contribution in [0.25, 0.3) is 22.3 Å². The third-order valence-electron chi connectivity index (χ3n) is 5.78. The molecule has 0 aliphatic carbocycles. The van der Waals surface area contributed by atoms with Crippen molar-refractivity contribution in [3.63, 3.8) is 0 Å². The molecule has 8 nitrogen and oxygen atoms in total. The smallest absolute Gasteiger partial charge is 0.254 e. The molecule has 2 aliphatic rings. The summed E-state index contributed by atoms with van der Waals surface area (Å²) in [6, 6.07) is 8.60. The molecular weight excluding hydrogens is 370 g/mol. The average molecular weight is 393 g/mol. The molecule has 2 fully saturated rings. The van der Waals surface area contributed by atoms with Gasteiger partial charge in [0, 0.05) is 18.7 Å². The summed E-state index contributed by atoms with van der Waals surface area (Å²) >= 11 is 0. The second-order valence-electron chi connectivity index (χ2n) is 7.77. The van der Waals surface area contributed by atoms with E-state index in [-0.39, 0.29) is 17.3 Å². The van der Waals surface area contributed by atoms with Gasteiger partial charge in [-0.15, -0.1) is 0 Å². The van der Waals surface area contributed by atoms with E-state index in [1.54, 1.807) is 30.5 Å². The number of aromatic nitrogens is 3. The first-order chi connectivity index (χ1) is 14.1. The largest absolute Gasteiger partial charge is 0.508 e. The van der Waals surface area contributed by atoms with Gasteiger partial charge >= 0.3 is 0 Å². The first-order valence-electron chi connectivity index (χ1n) is 9.91. The van der Waals surface area contributed by atoms with Crippen molar-refractivity contribution in [2.24, 2.45) is 0 Å². The van der Waals surface area contributed by atoms with Crippen molar-refractivity contribution in [3.05, 3.63) is 42.1 Å². The van der Waals surface area contributed by atoms with Crippen LogP contribution in [0.15, 0.2) is 36.5 Å². The number of morpholine rings is 1. The molecule has 1 atom stereocenters. The topological polar surface area (TPSA) is 103 Å². The highest BCUT2D eigenvalue weighted by atomic mass is 16.5. The number of pyridine rings is 1. The maximum absolute atomic E-state index is 13.5. The van der Waals surface area contributed by atoms with Crippen molar-refractivity contribution < 1.29 is 14.6 Å². The maximum Gasteiger partial charge on any atom is 0.254 e. The summed E-state index contributed by atoms with van der Waals surface area (Å²) in [7, 11) is 0. The minimum Gasteiger partial charge on any atom is -0.508 e. The number of nitrogens with zero attached hydrogens (tertiary/aromatic N) is 3. The Morgan fingerprint density at radius 1 is 1.28 bits per heavy atom. The van der Waals surface area contributed by atoms with E-state index in [1.807, 2.05) is 11.0 Å². The fourth-order valence-electron chi connectivity index (χ4n) is 4.27. The van der Waals surface area contributed by atoms with Gasteiger partial charge in [0.05, 0.1) is 41.6 Å². The van der Waals surface area contributed by atoms with Crippen molar-refractivity contribution in [1.82, 2.24) is 25.4 Å². The van der Waals surface area contributed by atoms with E-state index in [4.69, 9.17) is 4.74 Å². The lowest BCUT2D eigenvalue weighted by atomic mass is 9.91. The summed E-state index contributed by atoms with van der Waals surface area (Å²) in [5, 5.41) is 20.6. The predicted octanol–water partition coefficient (Wildman–Crippen LogP) is 1.93. The van der Waals surface area contributed by atoms with Gasteiger partial charge in [0.2, 0.25) is 0 Å². The Morgan fingerprint density at radius 2 is 2.14 bits per heavy atom. The number of rotatable bonds is 2. The zero-order valence-corrected chi connectivity index (χ0v) is 16.0. The minimum atomic E-state index is -0.297. The third kappa shape index (κ3) is 3.34. The lowest BCUT2D eigenvalue weighted by molar-refractivity contribution is -0.109. The zero-order chi connectivity index (χ0) is 19.8. The SMILES string of the molecule is O=C(c1cc(-c2ccc(O)cc2)nc2[nH]ncc12)N1CCOC2(CCCNC2)C1. The molecule has 3 aromatic rings. The highest BCUT2D eigenvalue weighted by Gasteiger charge is 2.39. The van der Waals surface area contributed by atoms with Crippen molar-refractivity contribution >= 4 is 16.9 Å². The predicted molar refractivity (Wildman–Crippen MR) is 108 cm³/mol. The molecule has 150 valence electrons. The number of benzene rings is 1. The van der Waals surface area contributed by atoms with Crippen LogP contribution in [0.4, 0.5) is 0 Å². The first kappa shape index (κ1) is 18.1. The molecule has 0 saturated carbocycles. The molecular formula is C21H23N5O3. The normalized spacial score (nSPS) is 22.3. The third-order valence-corrected chi connectivity index (χ3v) is 5.78. The Balaban J connectivity index is 1.51. The quantitative estimate of drug-likeness (QED) is 0.615. The number of nitrogens with one attached hydrogen (secondary N) is 2. The fraction of sp³-hybridized carbons (Fsp3) is 0.381. The highest BCUT2D eigenvalue weighted by molar-refractivity contribution is 6.06. The van der Waals surface area contributed by atoms with E-state index in [9.17, 15) is 9.90 Å². The van der Waals surface area contributed by atoms with E-state index in [2.05, 4.69) is 20.5 Å². The lowest BCUT2D eigenvalue weighted by Gasteiger charge is -2.45. The van der Waals surface area contributed by atoms with Crippen LogP contribution < -0.4 is 5.32 Å². The Hall–Kier alpha value is -2.97. The number of carbonyl (C=O) groups excluding carboxylic acids is 1. The molecule has 4 heterocycles. The number of hydrogen-bond donors (Lipinski definition) is 3. The van der Waals surface area contributed by atoms with Gasteiger partial charge in [0.1, 0.15) is 5.75 Å². The Bertz CT molecular complexity index is 1030. The van der Waals surface area contributed by atoms with Crippen LogP contribution in [0.3, 0.4) is 0 Å². The zero-order valence-electron chi connectivity index (χ0n) is 16.0. The van der Waals surface area contributed by atoms with Crippen LogP contribution in [-0.2, 0) is 4.74 Å². The number of phenolic OH excluding ortho intramolecular Hbond substituents is 1. The van der Waals surface area contributed by atoms with Crippen molar-refractivity contribution in [1.29, 1.82) is 0 Å². The molecule has 2 saturated heterocycles. The summed E-state index contributed by atoms with van der Waals surface area (Å²) < 4.78 is 6.09. The number of aromatic hydroxyl groups is 1. The van der Waals surface area contributed by atoms with E-state index < -0.39 is 0 Å². The number of hydrogen-bond acceptors (Lipinski definition) is 6. The molecule has 2 aliphatic heterocycles. The molecule has 0 radical (unpaired) electrons. The molecule has 2 aromatic heterocycles. The number of ether oxygens (including phenoxy) is 1. The molecule has 29 heavy (non-hydrogen) atoms. The van der Waals surface area contributed by atoms with Crippen LogP contribution in [0.1, 0.15) is 23.2 Å². The molecule has 1 spiro atoms. The maximum atomic E-state index is 13.5. The van der Waals surface area contributed by atoms with Gasteiger partial charge in [0.25, 0.3) is 5.91 Å². The van der Waals surface area contributed by atoms with Gasteiger partial charge in [-0.25, -0.2) is 4.98 Å². The van der Waals surface area contributed by atoms with Crippen LogP contribution in [0.2, 0.25) is 0 Å². The molecule has 3 N–H and O–H groups in total. The van der Waals surface area contributed by atoms with E-state index in [0.717, 1.165) is 31.5 Å². The number of amides is 1. The van der Waals surface area contributed by atoms with Gasteiger partial charge in [-0.2, -0.15) is 5.10 Å². The molecule has 1 unspecified atom stereocenters. The summed E-state index contributed by atoms with van der Waals surface area (Å²) in [6.45, 7) is 3.45. The summed E-state index contributed by atoms with van der Waals surface area (Å²) in [5.74, 6) is 0.152. The highest BCUT2D eigenvalue weighted by Crippen LogP contribution is 2.29. The van der Waals surface area contributed by atoms with Gasteiger partial charge in [0.15, 0.2) is 5.65 Å². The standard InChI is InChI=1S/C21H23N5O3/c27-15-4-2-14(3-5-15)18-10-16(17-11-23-25-19(17)24-18)20(28)26-8-9-29-21(13-26)6-1-7-22-12-21/h2-5,10-11,22,27H,1,6-9,12-13H2,(H,23,24,25). The summed E-state index contributed by atoms with van der Waals surface area (Å²) in [6.07, 6.45) is 3.66. The molecule has 0 bridgehead atoms. The minimum absolute atomic E-state index is 0.0351. The van der Waals surface area contributed by atoms with Crippen molar-refractivity contribution in [2.45, 2.75) is 18.4 Å². The van der Waals surface area contributed by atoms with Crippen LogP contribution >= 0.6 is 0 Å². The Kier molecular flexibility index (Phi) is 4.44. The molecule has 1 aromatic carbocycles.